The van der Waals surface area contributed by atoms with Gasteiger partial charge in [0.2, 0.25) is 0 Å². The van der Waals surface area contributed by atoms with Gasteiger partial charge < -0.3 is 4.98 Å². The molecule has 0 amide bonds. The maximum atomic E-state index is 6.47. The summed E-state index contributed by atoms with van der Waals surface area (Å²) in [7, 11) is 0. The van der Waals surface area contributed by atoms with E-state index in [2.05, 4.69) is 4.98 Å². The Balaban J connectivity index is 1.83. The minimum absolute atomic E-state index is 0.513. The van der Waals surface area contributed by atoms with Crippen molar-refractivity contribution in [3.05, 3.63) is 100 Å². The predicted octanol–water partition coefficient (Wildman–Crippen LogP) is 7.22. The summed E-state index contributed by atoms with van der Waals surface area (Å²) in [5.74, 6) is 0.753. The lowest BCUT2D eigenvalue weighted by Gasteiger charge is -2.06. The van der Waals surface area contributed by atoms with E-state index in [0.717, 1.165) is 33.9 Å². The van der Waals surface area contributed by atoms with Crippen molar-refractivity contribution in [2.75, 3.05) is 0 Å². The Hall–Kier alpha value is -2.81. The molecule has 0 unspecified atom stereocenters. The first-order valence-corrected chi connectivity index (χ1v) is 9.31. The highest BCUT2D eigenvalue weighted by atomic mass is 35.5. The van der Waals surface area contributed by atoms with Crippen molar-refractivity contribution in [1.29, 1.82) is 0 Å². The maximum absolute atomic E-state index is 6.47. The molecule has 0 aliphatic rings. The van der Waals surface area contributed by atoms with Crippen LogP contribution in [0.3, 0.4) is 0 Å². The molecule has 1 heterocycles. The van der Waals surface area contributed by atoms with E-state index >= 15 is 0 Å². The van der Waals surface area contributed by atoms with E-state index in [9.17, 15) is 0 Å². The molecule has 0 aliphatic heterocycles. The summed E-state index contributed by atoms with van der Waals surface area (Å²) < 4.78 is 0. The van der Waals surface area contributed by atoms with Crippen molar-refractivity contribution in [3.63, 3.8) is 0 Å². The third-order valence-electron chi connectivity index (χ3n) is 4.22. The van der Waals surface area contributed by atoms with Crippen molar-refractivity contribution < 1.29 is 0 Å². The highest BCUT2D eigenvalue weighted by molar-refractivity contribution is 6.43. The fourth-order valence-corrected chi connectivity index (χ4v) is 3.30. The number of aromatic amines is 1. The minimum Gasteiger partial charge on any atom is -0.338 e. The van der Waals surface area contributed by atoms with Gasteiger partial charge in [-0.3, -0.25) is 0 Å². The van der Waals surface area contributed by atoms with Gasteiger partial charge in [-0.1, -0.05) is 102 Å². The van der Waals surface area contributed by atoms with Gasteiger partial charge in [0.1, 0.15) is 5.82 Å². The Kier molecular flexibility index (Phi) is 5.10. The number of H-pyrrole nitrogens is 1. The summed E-state index contributed by atoms with van der Waals surface area (Å²) >= 11 is 12.7. The van der Waals surface area contributed by atoms with Gasteiger partial charge in [-0.2, -0.15) is 0 Å². The van der Waals surface area contributed by atoms with E-state index in [4.69, 9.17) is 28.2 Å². The number of rotatable bonds is 4. The molecule has 27 heavy (non-hydrogen) atoms. The molecule has 4 aromatic rings. The van der Waals surface area contributed by atoms with Crippen LogP contribution in [0, 0.1) is 0 Å². The molecule has 4 heteroatoms. The Morgan fingerprint density at radius 2 is 1.44 bits per heavy atom. The number of hydrogen-bond acceptors (Lipinski definition) is 1. The number of halogens is 2. The summed E-state index contributed by atoms with van der Waals surface area (Å²) in [5.41, 5.74) is 4.64. The highest BCUT2D eigenvalue weighted by Crippen LogP contribution is 2.37. The van der Waals surface area contributed by atoms with Crippen LogP contribution in [0.4, 0.5) is 0 Å². The van der Waals surface area contributed by atoms with E-state index in [1.165, 1.54) is 0 Å². The fraction of sp³-hybridized carbons (Fsp3) is 0. The van der Waals surface area contributed by atoms with Gasteiger partial charge in [0.05, 0.1) is 21.4 Å². The third-order valence-corrected chi connectivity index (χ3v) is 5.04. The third kappa shape index (κ3) is 3.82. The molecular formula is C23H16Cl2N2. The maximum Gasteiger partial charge on any atom is 0.131 e. The summed E-state index contributed by atoms with van der Waals surface area (Å²) in [6.45, 7) is 0. The lowest BCUT2D eigenvalue weighted by molar-refractivity contribution is 1.27. The van der Waals surface area contributed by atoms with E-state index < -0.39 is 0 Å². The molecule has 0 atom stereocenters. The summed E-state index contributed by atoms with van der Waals surface area (Å²) in [4.78, 5) is 8.19. The second-order valence-corrected chi connectivity index (χ2v) is 6.84. The number of nitrogens with zero attached hydrogens (tertiary/aromatic N) is 1. The Morgan fingerprint density at radius 3 is 2.19 bits per heavy atom. The average Bonchev–Trinajstić information content (AvgIpc) is 3.14. The highest BCUT2D eigenvalue weighted by Gasteiger charge is 2.16. The van der Waals surface area contributed by atoms with E-state index in [1.54, 1.807) is 6.07 Å². The average molecular weight is 391 g/mol. The van der Waals surface area contributed by atoms with Gasteiger partial charge in [0, 0.05) is 11.1 Å². The molecule has 0 bridgehead atoms. The van der Waals surface area contributed by atoms with Crippen LogP contribution >= 0.6 is 23.2 Å². The first-order chi connectivity index (χ1) is 13.2. The second-order valence-electron chi connectivity index (χ2n) is 6.06. The van der Waals surface area contributed by atoms with E-state index in [0.29, 0.717) is 10.0 Å². The Morgan fingerprint density at radius 1 is 0.741 bits per heavy atom. The van der Waals surface area contributed by atoms with Gasteiger partial charge >= 0.3 is 0 Å². The lowest BCUT2D eigenvalue weighted by atomic mass is 10.1. The van der Waals surface area contributed by atoms with Crippen LogP contribution in [0.1, 0.15) is 11.4 Å². The zero-order chi connectivity index (χ0) is 18.6. The number of nitrogens with one attached hydrogen (secondary N) is 1. The zero-order valence-electron chi connectivity index (χ0n) is 14.4. The Bertz CT molecular complexity index is 1080. The zero-order valence-corrected chi connectivity index (χ0v) is 15.9. The van der Waals surface area contributed by atoms with Crippen LogP contribution in [0.25, 0.3) is 34.7 Å². The number of imidazole rings is 1. The van der Waals surface area contributed by atoms with Crippen LogP contribution in [0.5, 0.6) is 0 Å². The molecule has 1 aromatic heterocycles. The molecule has 1 N–H and O–H groups in total. The van der Waals surface area contributed by atoms with Gasteiger partial charge in [-0.25, -0.2) is 4.98 Å². The summed E-state index contributed by atoms with van der Waals surface area (Å²) in [6.07, 6.45) is 3.99. The number of hydrogen-bond donors (Lipinski definition) is 1. The van der Waals surface area contributed by atoms with Gasteiger partial charge in [0.15, 0.2) is 0 Å². The van der Waals surface area contributed by atoms with E-state index in [1.807, 2.05) is 84.9 Å². The molecule has 0 aliphatic carbocycles. The molecule has 0 saturated carbocycles. The summed E-state index contributed by atoms with van der Waals surface area (Å²) in [5, 5.41) is 1.03. The fourth-order valence-electron chi connectivity index (χ4n) is 2.91. The van der Waals surface area contributed by atoms with Crippen molar-refractivity contribution in [2.45, 2.75) is 0 Å². The van der Waals surface area contributed by atoms with E-state index in [-0.39, 0.29) is 0 Å². The summed E-state index contributed by atoms with van der Waals surface area (Å²) in [6, 6.07) is 25.8. The van der Waals surface area contributed by atoms with Crippen LogP contribution in [-0.4, -0.2) is 9.97 Å². The standard InChI is InChI=1S/C23H16Cl2N2/c24-19-13-7-12-18(21(19)25)23-22(17-10-5-2-6-11-17)26-20(27-23)15-14-16-8-3-1-4-9-16/h1-15H,(H,26,27). The largest absolute Gasteiger partial charge is 0.338 e. The smallest absolute Gasteiger partial charge is 0.131 e. The molecular weight excluding hydrogens is 375 g/mol. The van der Waals surface area contributed by atoms with Crippen LogP contribution < -0.4 is 0 Å². The normalized spacial score (nSPS) is 11.2. The van der Waals surface area contributed by atoms with Crippen LogP contribution in [0.15, 0.2) is 78.9 Å². The number of aromatic nitrogens is 2. The monoisotopic (exact) mass is 390 g/mol. The van der Waals surface area contributed by atoms with Crippen molar-refractivity contribution >= 4 is 35.4 Å². The molecule has 0 saturated heterocycles. The van der Waals surface area contributed by atoms with Crippen molar-refractivity contribution in [2.24, 2.45) is 0 Å². The van der Waals surface area contributed by atoms with Crippen molar-refractivity contribution in [1.82, 2.24) is 9.97 Å². The van der Waals surface area contributed by atoms with Crippen LogP contribution in [-0.2, 0) is 0 Å². The van der Waals surface area contributed by atoms with Crippen molar-refractivity contribution in [3.8, 4) is 22.5 Å². The SMILES string of the molecule is Clc1cccc(-c2[nH]c(C=Cc3ccccc3)nc2-c2ccccc2)c1Cl. The molecule has 132 valence electrons. The lowest BCUT2D eigenvalue weighted by Crippen LogP contribution is -1.85. The predicted molar refractivity (Wildman–Crippen MR) is 115 cm³/mol. The molecule has 0 fully saturated rings. The van der Waals surface area contributed by atoms with Gasteiger partial charge in [0.25, 0.3) is 0 Å². The van der Waals surface area contributed by atoms with Crippen LogP contribution in [0.2, 0.25) is 10.0 Å². The molecule has 3 aromatic carbocycles. The first kappa shape index (κ1) is 17.6. The quantitative estimate of drug-likeness (QED) is 0.391. The number of benzene rings is 3. The second kappa shape index (κ2) is 7.83. The Labute approximate surface area is 168 Å². The van der Waals surface area contributed by atoms with Gasteiger partial charge in [-0.05, 0) is 17.7 Å². The molecule has 2 nitrogen and oxygen atoms in total. The molecule has 0 radical (unpaired) electrons. The first-order valence-electron chi connectivity index (χ1n) is 8.55. The molecule has 4 rings (SSSR count). The minimum atomic E-state index is 0.513. The topological polar surface area (TPSA) is 28.7 Å². The molecule has 0 spiro atoms. The van der Waals surface area contributed by atoms with Gasteiger partial charge in [-0.15, -0.1) is 0 Å².